The lowest BCUT2D eigenvalue weighted by molar-refractivity contribution is -0.186. The minimum atomic E-state index is -4.66. The van der Waals surface area contributed by atoms with Crippen molar-refractivity contribution in [2.75, 3.05) is 6.61 Å². The number of aryl methyl sites for hydroxylation is 3. The molecule has 0 spiro atoms. The monoisotopic (exact) mass is 504 g/mol. The van der Waals surface area contributed by atoms with Gasteiger partial charge in [-0.2, -0.15) is 22.0 Å². The quantitative estimate of drug-likeness (QED) is 0.323. The van der Waals surface area contributed by atoms with Gasteiger partial charge in [-0.15, -0.1) is 0 Å². The maximum atomic E-state index is 14.8. The number of ether oxygens (including phenoxy) is 2. The molecule has 4 rings (SSSR count). The van der Waals surface area contributed by atoms with E-state index in [9.17, 15) is 22.0 Å². The second-order valence-corrected chi connectivity index (χ2v) is 9.70. The molecule has 0 N–H and O–H groups in total. The summed E-state index contributed by atoms with van der Waals surface area (Å²) >= 11 is 0. The highest BCUT2D eigenvalue weighted by molar-refractivity contribution is 5.71. The Labute approximate surface area is 208 Å². The zero-order chi connectivity index (χ0) is 26.3. The first-order chi connectivity index (χ1) is 16.8. The summed E-state index contributed by atoms with van der Waals surface area (Å²) in [5.74, 6) is 0.00430. The molecule has 0 bridgehead atoms. The van der Waals surface area contributed by atoms with Gasteiger partial charge in [-0.1, -0.05) is 37.3 Å². The number of rotatable bonds is 5. The molecule has 0 amide bonds. The first kappa shape index (κ1) is 26.1. The van der Waals surface area contributed by atoms with Crippen LogP contribution in [-0.4, -0.2) is 6.61 Å². The highest BCUT2D eigenvalue weighted by Gasteiger charge is 2.37. The van der Waals surface area contributed by atoms with E-state index in [1.807, 2.05) is 13.8 Å². The van der Waals surface area contributed by atoms with Gasteiger partial charge >= 0.3 is 12.3 Å². The minimum Gasteiger partial charge on any atom is -0.429 e. The molecule has 2 unspecified atom stereocenters. The summed E-state index contributed by atoms with van der Waals surface area (Å²) in [6.45, 7) is 8.15. The summed E-state index contributed by atoms with van der Waals surface area (Å²) in [6, 6.07) is 12.6. The summed E-state index contributed by atoms with van der Waals surface area (Å²) in [5, 5.41) is 0. The number of halogens is 5. The molecule has 0 saturated carbocycles. The van der Waals surface area contributed by atoms with E-state index in [1.165, 1.54) is 19.1 Å². The first-order valence-electron chi connectivity index (χ1n) is 11.9. The third kappa shape index (κ3) is 5.56. The van der Waals surface area contributed by atoms with E-state index in [2.05, 4.69) is 19.1 Å². The zero-order valence-electron chi connectivity index (χ0n) is 20.7. The molecule has 2 atom stereocenters. The molecule has 1 aliphatic heterocycles. The standard InChI is InChI=1S/C29H29F5O2/c1-17-5-12-26(35-16-17)22-13-19(3)27(20(4)14-22)21-7-9-23(10-8-21)29(33,34)36-24-11-6-18(2)25(15-24)28(30,31)32/h6-11,13-15,17,26H,5,12,16H2,1-4H3. The number of alkyl halides is 5. The predicted molar refractivity (Wildman–Crippen MR) is 129 cm³/mol. The fourth-order valence-electron chi connectivity index (χ4n) is 4.79. The maximum Gasteiger partial charge on any atom is 0.426 e. The number of hydrogen-bond acceptors (Lipinski definition) is 2. The molecule has 2 nitrogen and oxygen atoms in total. The smallest absolute Gasteiger partial charge is 0.426 e. The van der Waals surface area contributed by atoms with Crippen LogP contribution in [-0.2, 0) is 17.0 Å². The third-order valence-electron chi connectivity index (χ3n) is 6.70. The van der Waals surface area contributed by atoms with Gasteiger partial charge < -0.3 is 9.47 Å². The van der Waals surface area contributed by atoms with Crippen LogP contribution in [0.5, 0.6) is 5.75 Å². The van der Waals surface area contributed by atoms with E-state index in [1.54, 1.807) is 12.1 Å². The van der Waals surface area contributed by atoms with E-state index >= 15 is 0 Å². The van der Waals surface area contributed by atoms with E-state index in [4.69, 9.17) is 9.47 Å². The fraction of sp³-hybridized carbons (Fsp3) is 0.379. The molecular formula is C29H29F5O2. The van der Waals surface area contributed by atoms with Crippen molar-refractivity contribution in [2.45, 2.75) is 58.9 Å². The molecule has 1 saturated heterocycles. The number of benzene rings is 3. The Morgan fingerprint density at radius 1 is 0.806 bits per heavy atom. The van der Waals surface area contributed by atoms with Gasteiger partial charge in [0, 0.05) is 6.61 Å². The maximum absolute atomic E-state index is 14.8. The molecule has 1 heterocycles. The molecule has 36 heavy (non-hydrogen) atoms. The van der Waals surface area contributed by atoms with Crippen molar-refractivity contribution in [3.05, 3.63) is 88.0 Å². The Balaban J connectivity index is 1.55. The van der Waals surface area contributed by atoms with Crippen molar-refractivity contribution in [1.29, 1.82) is 0 Å². The van der Waals surface area contributed by atoms with Crippen LogP contribution < -0.4 is 4.74 Å². The van der Waals surface area contributed by atoms with E-state index < -0.39 is 29.2 Å². The topological polar surface area (TPSA) is 18.5 Å². The van der Waals surface area contributed by atoms with Crippen molar-refractivity contribution in [3.8, 4) is 16.9 Å². The van der Waals surface area contributed by atoms with Gasteiger partial charge in [-0.05, 0) is 97.2 Å². The molecule has 3 aromatic carbocycles. The molecule has 192 valence electrons. The van der Waals surface area contributed by atoms with Gasteiger partial charge in [0.2, 0.25) is 0 Å². The highest BCUT2D eigenvalue weighted by atomic mass is 19.4. The third-order valence-corrected chi connectivity index (χ3v) is 6.70. The van der Waals surface area contributed by atoms with Crippen LogP contribution in [0.25, 0.3) is 11.1 Å². The van der Waals surface area contributed by atoms with Crippen LogP contribution in [0.1, 0.15) is 59.3 Å². The molecule has 0 aliphatic carbocycles. The van der Waals surface area contributed by atoms with Crippen LogP contribution in [0.15, 0.2) is 54.6 Å². The Morgan fingerprint density at radius 3 is 2.00 bits per heavy atom. The van der Waals surface area contributed by atoms with Gasteiger partial charge in [0.05, 0.1) is 17.2 Å². The molecule has 3 aromatic rings. The van der Waals surface area contributed by atoms with Crippen molar-refractivity contribution in [2.24, 2.45) is 5.92 Å². The lowest BCUT2D eigenvalue weighted by Crippen LogP contribution is -2.22. The first-order valence-corrected chi connectivity index (χ1v) is 11.9. The van der Waals surface area contributed by atoms with Crippen LogP contribution in [0.4, 0.5) is 22.0 Å². The van der Waals surface area contributed by atoms with Crippen molar-refractivity contribution in [1.82, 2.24) is 0 Å². The van der Waals surface area contributed by atoms with Gasteiger partial charge in [0.1, 0.15) is 5.75 Å². The Kier molecular flexibility index (Phi) is 7.15. The molecule has 1 aliphatic rings. The largest absolute Gasteiger partial charge is 0.429 e. The van der Waals surface area contributed by atoms with E-state index in [-0.39, 0.29) is 11.7 Å². The van der Waals surface area contributed by atoms with Gasteiger partial charge in [0.25, 0.3) is 0 Å². The Bertz CT molecular complexity index is 1200. The SMILES string of the molecule is Cc1ccc(OC(F)(F)c2ccc(-c3c(C)cc(C4CCC(C)CO4)cc3C)cc2)cc1C(F)(F)F. The van der Waals surface area contributed by atoms with Crippen molar-refractivity contribution in [3.63, 3.8) is 0 Å². The lowest BCUT2D eigenvalue weighted by Gasteiger charge is -2.28. The van der Waals surface area contributed by atoms with Crippen molar-refractivity contribution < 1.29 is 31.4 Å². The molecule has 1 fully saturated rings. The lowest BCUT2D eigenvalue weighted by atomic mass is 9.89. The Morgan fingerprint density at radius 2 is 1.44 bits per heavy atom. The van der Waals surface area contributed by atoms with Crippen LogP contribution in [0.2, 0.25) is 0 Å². The minimum absolute atomic E-state index is 0.0607. The average molecular weight is 505 g/mol. The van der Waals surface area contributed by atoms with Gasteiger partial charge in [0.15, 0.2) is 0 Å². The van der Waals surface area contributed by atoms with Crippen LogP contribution >= 0.6 is 0 Å². The van der Waals surface area contributed by atoms with E-state index in [0.29, 0.717) is 12.0 Å². The summed E-state index contributed by atoms with van der Waals surface area (Å²) in [6.07, 6.45) is -6.32. The summed E-state index contributed by atoms with van der Waals surface area (Å²) in [5.41, 5.74) is 3.35. The second-order valence-electron chi connectivity index (χ2n) is 9.70. The van der Waals surface area contributed by atoms with E-state index in [0.717, 1.165) is 59.4 Å². The van der Waals surface area contributed by atoms with Gasteiger partial charge in [-0.3, -0.25) is 0 Å². The normalized spacial score (nSPS) is 18.8. The fourth-order valence-corrected chi connectivity index (χ4v) is 4.79. The zero-order valence-corrected chi connectivity index (χ0v) is 20.7. The molecule has 0 radical (unpaired) electrons. The average Bonchev–Trinajstić information content (AvgIpc) is 2.80. The molecule has 7 heteroatoms. The predicted octanol–water partition coefficient (Wildman–Crippen LogP) is 8.91. The molecule has 0 aromatic heterocycles. The van der Waals surface area contributed by atoms with Gasteiger partial charge in [-0.25, -0.2) is 0 Å². The van der Waals surface area contributed by atoms with Crippen LogP contribution in [0, 0.1) is 26.7 Å². The Hall–Kier alpha value is -2.93. The summed E-state index contributed by atoms with van der Waals surface area (Å²) < 4.78 is 79.8. The highest BCUT2D eigenvalue weighted by Crippen LogP contribution is 2.39. The summed E-state index contributed by atoms with van der Waals surface area (Å²) in [4.78, 5) is 0. The summed E-state index contributed by atoms with van der Waals surface area (Å²) in [7, 11) is 0. The van der Waals surface area contributed by atoms with Crippen LogP contribution in [0.3, 0.4) is 0 Å². The number of hydrogen-bond donors (Lipinski definition) is 0. The second kappa shape index (κ2) is 9.85. The van der Waals surface area contributed by atoms with Crippen molar-refractivity contribution >= 4 is 0 Å². The molecular weight excluding hydrogens is 475 g/mol.